The Morgan fingerprint density at radius 2 is 2.25 bits per heavy atom. The topological polar surface area (TPSA) is 38.0 Å². The molecule has 8 heavy (non-hydrogen) atoms. The average molecular weight is 120 g/mol. The van der Waals surface area contributed by atoms with Crippen LogP contribution >= 0.6 is 0 Å². The Kier molecular flexibility index (Phi) is 4.90. The van der Waals surface area contributed by atoms with Crippen molar-refractivity contribution >= 4 is 0 Å². The Bertz CT molecular complexity index is 43.7. The summed E-state index contributed by atoms with van der Waals surface area (Å²) in [6.07, 6.45) is 2.70. The maximum atomic E-state index is 9.50. The van der Waals surface area contributed by atoms with Crippen molar-refractivity contribution in [3.05, 3.63) is 0 Å². The molecule has 3 heteroatoms. The molecule has 0 aromatic rings. The van der Waals surface area contributed by atoms with Crippen molar-refractivity contribution in [1.82, 2.24) is 5.32 Å². The van der Waals surface area contributed by atoms with Gasteiger partial charge < -0.3 is 11.1 Å². The molecular formula is C5H13FN2. The van der Waals surface area contributed by atoms with Gasteiger partial charge in [0.05, 0.1) is 13.3 Å². The molecule has 0 radical (unpaired) electrons. The van der Waals surface area contributed by atoms with Gasteiger partial charge in [0.2, 0.25) is 0 Å². The number of rotatable bonds is 0. The lowest BCUT2D eigenvalue weighted by molar-refractivity contribution is 0.634. The molecule has 1 unspecified atom stereocenters. The molecule has 0 bridgehead atoms. The zero-order valence-corrected chi connectivity index (χ0v) is 5.15. The Labute approximate surface area is 49.3 Å². The molecule has 2 nitrogen and oxygen atoms in total. The lowest BCUT2D eigenvalue weighted by atomic mass is 10.3. The van der Waals surface area contributed by atoms with Crippen LogP contribution in [0.25, 0.3) is 0 Å². The lowest BCUT2D eigenvalue weighted by Gasteiger charge is -1.95. The predicted molar refractivity (Wildman–Crippen MR) is 32.2 cm³/mol. The third kappa shape index (κ3) is 2.93. The minimum atomic E-state index is 0.296. The van der Waals surface area contributed by atoms with Crippen LogP contribution in [0.4, 0.5) is 4.39 Å². The minimum Gasteiger partial charge on any atom is -0.316 e. The number of nitrogens with one attached hydrogen (secondary N) is 1. The first kappa shape index (κ1) is 7.85. The SMILES string of the molecule is CF.NC1CCCN1. The summed E-state index contributed by atoms with van der Waals surface area (Å²) in [5.74, 6) is 0. The quantitative estimate of drug-likeness (QED) is 0.480. The second-order valence-electron chi connectivity index (χ2n) is 1.70. The number of nitrogens with two attached hydrogens (primary N) is 1. The van der Waals surface area contributed by atoms with Gasteiger partial charge in [0.25, 0.3) is 0 Å². The Morgan fingerprint density at radius 3 is 2.38 bits per heavy atom. The zero-order chi connectivity index (χ0) is 6.41. The molecule has 1 heterocycles. The molecule has 3 N–H and O–H groups in total. The first-order chi connectivity index (χ1) is 3.89. The number of alkyl halides is 1. The van der Waals surface area contributed by atoms with Crippen LogP contribution in [0.1, 0.15) is 12.8 Å². The monoisotopic (exact) mass is 120 g/mol. The van der Waals surface area contributed by atoms with Crippen molar-refractivity contribution in [2.24, 2.45) is 5.73 Å². The van der Waals surface area contributed by atoms with E-state index in [0.717, 1.165) is 13.0 Å². The van der Waals surface area contributed by atoms with Gasteiger partial charge in [-0.1, -0.05) is 0 Å². The molecule has 0 spiro atoms. The summed E-state index contributed by atoms with van der Waals surface area (Å²) in [5, 5.41) is 3.10. The predicted octanol–water partition coefficient (Wildman–Crippen LogP) is 0.240. The molecule has 1 aliphatic heterocycles. The fourth-order valence-electron chi connectivity index (χ4n) is 0.711. The smallest absolute Gasteiger partial charge is 0.0785 e. The van der Waals surface area contributed by atoms with Gasteiger partial charge in [-0.3, -0.25) is 4.39 Å². The fraction of sp³-hybridized carbons (Fsp3) is 1.00. The van der Waals surface area contributed by atoms with Crippen LogP contribution in [-0.4, -0.2) is 19.9 Å². The van der Waals surface area contributed by atoms with Crippen molar-refractivity contribution in [1.29, 1.82) is 0 Å². The summed E-state index contributed by atoms with van der Waals surface area (Å²) in [5.41, 5.74) is 5.42. The standard InChI is InChI=1S/C4H10N2.CH3F/c5-4-2-1-3-6-4;1-2/h4,6H,1-3,5H2;1H3. The van der Waals surface area contributed by atoms with Crippen LogP contribution in [0.5, 0.6) is 0 Å². The van der Waals surface area contributed by atoms with E-state index in [0.29, 0.717) is 13.3 Å². The van der Waals surface area contributed by atoms with E-state index < -0.39 is 0 Å². The van der Waals surface area contributed by atoms with E-state index >= 15 is 0 Å². The fourth-order valence-corrected chi connectivity index (χ4v) is 0.711. The highest BCUT2D eigenvalue weighted by atomic mass is 19.1. The van der Waals surface area contributed by atoms with E-state index in [1.807, 2.05) is 0 Å². The van der Waals surface area contributed by atoms with Gasteiger partial charge in [-0.25, -0.2) is 0 Å². The van der Waals surface area contributed by atoms with Gasteiger partial charge in [0.1, 0.15) is 0 Å². The van der Waals surface area contributed by atoms with E-state index in [1.54, 1.807) is 0 Å². The molecule has 0 aromatic carbocycles. The van der Waals surface area contributed by atoms with Gasteiger partial charge in [0.15, 0.2) is 0 Å². The van der Waals surface area contributed by atoms with E-state index in [1.165, 1.54) is 6.42 Å². The van der Waals surface area contributed by atoms with Crippen LogP contribution in [0.15, 0.2) is 0 Å². The van der Waals surface area contributed by atoms with E-state index in [4.69, 9.17) is 5.73 Å². The molecule has 1 saturated heterocycles. The third-order valence-electron chi connectivity index (χ3n) is 1.10. The Balaban J connectivity index is 0.000000222. The summed E-state index contributed by atoms with van der Waals surface area (Å²) in [7, 11) is 0.500. The molecule has 1 rings (SSSR count). The van der Waals surface area contributed by atoms with Crippen LogP contribution in [-0.2, 0) is 0 Å². The van der Waals surface area contributed by atoms with Gasteiger partial charge in [0, 0.05) is 0 Å². The molecular weight excluding hydrogens is 107 g/mol. The second kappa shape index (κ2) is 5.00. The molecule has 1 fully saturated rings. The summed E-state index contributed by atoms with van der Waals surface area (Å²) >= 11 is 0. The van der Waals surface area contributed by atoms with Crippen molar-refractivity contribution in [3.63, 3.8) is 0 Å². The maximum absolute atomic E-state index is 9.50. The number of halogens is 1. The molecule has 1 atom stereocenters. The Morgan fingerprint density at radius 1 is 1.62 bits per heavy atom. The Hall–Kier alpha value is -0.150. The van der Waals surface area contributed by atoms with Crippen molar-refractivity contribution in [2.45, 2.75) is 19.0 Å². The summed E-state index contributed by atoms with van der Waals surface area (Å²) in [4.78, 5) is 0. The maximum Gasteiger partial charge on any atom is 0.0785 e. The van der Waals surface area contributed by atoms with Crippen molar-refractivity contribution in [3.8, 4) is 0 Å². The highest BCUT2D eigenvalue weighted by Crippen LogP contribution is 1.96. The zero-order valence-electron chi connectivity index (χ0n) is 5.15. The second-order valence-corrected chi connectivity index (χ2v) is 1.70. The van der Waals surface area contributed by atoms with Crippen LogP contribution in [0.3, 0.4) is 0 Å². The summed E-state index contributed by atoms with van der Waals surface area (Å²) < 4.78 is 9.50. The molecule has 1 aliphatic rings. The highest BCUT2D eigenvalue weighted by Gasteiger charge is 2.05. The molecule has 0 aliphatic carbocycles. The first-order valence-electron chi connectivity index (χ1n) is 2.76. The van der Waals surface area contributed by atoms with Gasteiger partial charge >= 0.3 is 0 Å². The molecule has 0 saturated carbocycles. The molecule has 50 valence electrons. The van der Waals surface area contributed by atoms with E-state index in [2.05, 4.69) is 5.32 Å². The minimum absolute atomic E-state index is 0.296. The van der Waals surface area contributed by atoms with Gasteiger partial charge in [-0.2, -0.15) is 0 Å². The molecule has 0 aromatic heterocycles. The van der Waals surface area contributed by atoms with Crippen molar-refractivity contribution < 1.29 is 4.39 Å². The summed E-state index contributed by atoms with van der Waals surface area (Å²) in [6.45, 7) is 1.11. The van der Waals surface area contributed by atoms with Crippen molar-refractivity contribution in [2.75, 3.05) is 13.7 Å². The molecule has 0 amide bonds. The lowest BCUT2D eigenvalue weighted by Crippen LogP contribution is -2.30. The summed E-state index contributed by atoms with van der Waals surface area (Å²) in [6, 6.07) is 0. The van der Waals surface area contributed by atoms with Crippen LogP contribution < -0.4 is 11.1 Å². The van der Waals surface area contributed by atoms with Crippen LogP contribution in [0, 0.1) is 0 Å². The first-order valence-corrected chi connectivity index (χ1v) is 2.76. The van der Waals surface area contributed by atoms with Gasteiger partial charge in [-0.15, -0.1) is 0 Å². The number of hydrogen-bond donors (Lipinski definition) is 2. The highest BCUT2D eigenvalue weighted by molar-refractivity contribution is 4.66. The number of hydrogen-bond acceptors (Lipinski definition) is 2. The average Bonchev–Trinajstić information content (AvgIpc) is 2.24. The van der Waals surface area contributed by atoms with Crippen LogP contribution in [0.2, 0.25) is 0 Å². The normalized spacial score (nSPS) is 26.6. The third-order valence-corrected chi connectivity index (χ3v) is 1.10. The van der Waals surface area contributed by atoms with Gasteiger partial charge in [-0.05, 0) is 19.4 Å². The van der Waals surface area contributed by atoms with E-state index in [-0.39, 0.29) is 0 Å². The largest absolute Gasteiger partial charge is 0.316 e. The van der Waals surface area contributed by atoms with E-state index in [9.17, 15) is 4.39 Å².